The fourth-order valence-electron chi connectivity index (χ4n) is 1.78. The van der Waals surface area contributed by atoms with E-state index < -0.39 is 0 Å². The van der Waals surface area contributed by atoms with Crippen LogP contribution in [0.25, 0.3) is 0 Å². The van der Waals surface area contributed by atoms with E-state index >= 15 is 0 Å². The Morgan fingerprint density at radius 3 is 3.00 bits per heavy atom. The van der Waals surface area contributed by atoms with E-state index in [1.165, 1.54) is 0 Å². The molecule has 1 saturated heterocycles. The van der Waals surface area contributed by atoms with Crippen LogP contribution in [0.15, 0.2) is 18.2 Å². The highest BCUT2D eigenvalue weighted by Crippen LogP contribution is 2.29. The smallest absolute Gasteiger partial charge is 0.222 e. The average molecular weight is 221 g/mol. The molecule has 1 aromatic carbocycles. The number of methoxy groups -OCH3 is 1. The van der Waals surface area contributed by atoms with Crippen molar-refractivity contribution in [2.75, 3.05) is 24.7 Å². The number of ether oxygens (including phenoxy) is 1. The van der Waals surface area contributed by atoms with Crippen LogP contribution in [0.5, 0.6) is 5.75 Å². The predicted molar refractivity (Wildman–Crippen MR) is 62.4 cm³/mol. The Labute approximate surface area is 94.0 Å². The Balaban J connectivity index is 2.12. The van der Waals surface area contributed by atoms with Crippen molar-refractivity contribution in [3.05, 3.63) is 18.2 Å². The van der Waals surface area contributed by atoms with Gasteiger partial charge in [-0.1, -0.05) is 6.07 Å². The Morgan fingerprint density at radius 1 is 1.56 bits per heavy atom. The van der Waals surface area contributed by atoms with E-state index in [1.807, 2.05) is 12.1 Å². The molecule has 1 aromatic rings. The van der Waals surface area contributed by atoms with Gasteiger partial charge in [-0.3, -0.25) is 4.79 Å². The number of carbonyl (C=O) groups is 1. The molecule has 5 nitrogen and oxygen atoms in total. The first-order chi connectivity index (χ1) is 7.70. The lowest BCUT2D eigenvalue weighted by molar-refractivity contribution is -0.119. The van der Waals surface area contributed by atoms with Crippen molar-refractivity contribution in [2.45, 2.75) is 12.5 Å². The topological polar surface area (TPSA) is 76.4 Å². The third kappa shape index (κ3) is 2.03. The van der Waals surface area contributed by atoms with Gasteiger partial charge in [0.25, 0.3) is 0 Å². The first-order valence-electron chi connectivity index (χ1n) is 5.16. The molecule has 1 fully saturated rings. The van der Waals surface area contributed by atoms with Gasteiger partial charge in [0.15, 0.2) is 0 Å². The van der Waals surface area contributed by atoms with E-state index in [-0.39, 0.29) is 11.9 Å². The Morgan fingerprint density at radius 2 is 2.38 bits per heavy atom. The second-order valence-corrected chi connectivity index (χ2v) is 3.77. The molecule has 4 N–H and O–H groups in total. The zero-order chi connectivity index (χ0) is 11.5. The fraction of sp³-hybridized carbons (Fsp3) is 0.364. The van der Waals surface area contributed by atoms with Crippen LogP contribution >= 0.6 is 0 Å². The van der Waals surface area contributed by atoms with Gasteiger partial charge in [-0.2, -0.15) is 0 Å². The minimum atomic E-state index is 0.0685. The van der Waals surface area contributed by atoms with Crippen molar-refractivity contribution in [1.82, 2.24) is 5.32 Å². The largest absolute Gasteiger partial charge is 0.495 e. The second kappa shape index (κ2) is 4.30. The first-order valence-corrected chi connectivity index (χ1v) is 5.16. The maximum Gasteiger partial charge on any atom is 0.222 e. The van der Waals surface area contributed by atoms with Crippen LogP contribution in [0.4, 0.5) is 11.4 Å². The zero-order valence-electron chi connectivity index (χ0n) is 9.12. The van der Waals surface area contributed by atoms with Crippen LogP contribution in [-0.2, 0) is 4.79 Å². The molecule has 0 spiro atoms. The molecule has 1 amide bonds. The number of para-hydroxylation sites is 1. The van der Waals surface area contributed by atoms with Gasteiger partial charge in [-0.15, -0.1) is 0 Å². The predicted octanol–water partition coefficient (Wildman–Crippen LogP) is 0.578. The molecule has 0 aromatic heterocycles. The van der Waals surface area contributed by atoms with Crippen molar-refractivity contribution in [3.8, 4) is 5.75 Å². The third-order valence-electron chi connectivity index (χ3n) is 2.62. The van der Waals surface area contributed by atoms with Crippen LogP contribution in [0.2, 0.25) is 0 Å². The highest BCUT2D eigenvalue weighted by atomic mass is 16.5. The summed E-state index contributed by atoms with van der Waals surface area (Å²) >= 11 is 0. The normalized spacial score (nSPS) is 19.3. The zero-order valence-corrected chi connectivity index (χ0v) is 9.12. The molecule has 86 valence electrons. The van der Waals surface area contributed by atoms with Gasteiger partial charge in [0.2, 0.25) is 5.91 Å². The number of benzene rings is 1. The summed E-state index contributed by atoms with van der Waals surface area (Å²) in [5.41, 5.74) is 7.29. The summed E-state index contributed by atoms with van der Waals surface area (Å²) in [6.45, 7) is 0.634. The van der Waals surface area contributed by atoms with Crippen LogP contribution < -0.4 is 21.1 Å². The SMILES string of the molecule is COc1cccc(NC2CNC(=O)C2)c1N. The number of rotatable bonds is 3. The minimum absolute atomic E-state index is 0.0685. The number of nitrogens with one attached hydrogen (secondary N) is 2. The van der Waals surface area contributed by atoms with Crippen molar-refractivity contribution in [1.29, 1.82) is 0 Å². The van der Waals surface area contributed by atoms with Gasteiger partial charge >= 0.3 is 0 Å². The number of hydrogen-bond donors (Lipinski definition) is 3. The quantitative estimate of drug-likeness (QED) is 0.652. The number of nitrogen functional groups attached to an aromatic ring is 1. The average Bonchev–Trinajstić information content (AvgIpc) is 2.67. The molecular weight excluding hydrogens is 206 g/mol. The Bertz CT molecular complexity index is 406. The molecule has 0 aliphatic carbocycles. The summed E-state index contributed by atoms with van der Waals surface area (Å²) in [5.74, 6) is 0.709. The third-order valence-corrected chi connectivity index (χ3v) is 2.62. The summed E-state index contributed by atoms with van der Waals surface area (Å²) in [4.78, 5) is 11.0. The molecule has 5 heteroatoms. The van der Waals surface area contributed by atoms with Crippen molar-refractivity contribution in [2.24, 2.45) is 0 Å². The standard InChI is InChI=1S/C11H15N3O2/c1-16-9-4-2-3-8(11(9)12)14-7-5-10(15)13-6-7/h2-4,7,14H,5-6,12H2,1H3,(H,13,15). The van der Waals surface area contributed by atoms with Gasteiger partial charge in [0.1, 0.15) is 5.75 Å². The van der Waals surface area contributed by atoms with E-state index in [0.29, 0.717) is 24.4 Å². The number of carbonyl (C=O) groups excluding carboxylic acids is 1. The Kier molecular flexibility index (Phi) is 2.85. The summed E-state index contributed by atoms with van der Waals surface area (Å²) in [6, 6.07) is 5.64. The van der Waals surface area contributed by atoms with E-state index in [4.69, 9.17) is 10.5 Å². The van der Waals surface area contributed by atoms with Crippen LogP contribution in [-0.4, -0.2) is 25.6 Å². The fourth-order valence-corrected chi connectivity index (χ4v) is 1.78. The Hall–Kier alpha value is -1.91. The lowest BCUT2D eigenvalue weighted by atomic mass is 10.2. The van der Waals surface area contributed by atoms with Crippen molar-refractivity contribution in [3.63, 3.8) is 0 Å². The molecular formula is C11H15N3O2. The van der Waals surface area contributed by atoms with Gasteiger partial charge in [-0.25, -0.2) is 0 Å². The number of nitrogens with two attached hydrogens (primary N) is 1. The van der Waals surface area contributed by atoms with E-state index in [2.05, 4.69) is 10.6 Å². The van der Waals surface area contributed by atoms with Gasteiger partial charge in [0, 0.05) is 13.0 Å². The summed E-state index contributed by atoms with van der Waals surface area (Å²) in [5, 5.41) is 5.99. The van der Waals surface area contributed by atoms with Crippen LogP contribution in [0, 0.1) is 0 Å². The molecule has 0 bridgehead atoms. The number of amides is 1. The minimum Gasteiger partial charge on any atom is -0.495 e. The summed E-state index contributed by atoms with van der Waals surface area (Å²) in [6.07, 6.45) is 0.483. The molecule has 1 heterocycles. The first kappa shape index (κ1) is 10.6. The van der Waals surface area contributed by atoms with Crippen LogP contribution in [0.3, 0.4) is 0 Å². The maximum atomic E-state index is 11.0. The maximum absolute atomic E-state index is 11.0. The molecule has 1 atom stereocenters. The summed E-state index contributed by atoms with van der Waals surface area (Å²) < 4.78 is 5.12. The van der Waals surface area contributed by atoms with Crippen molar-refractivity contribution < 1.29 is 9.53 Å². The molecule has 1 aliphatic rings. The van der Waals surface area contributed by atoms with E-state index in [1.54, 1.807) is 13.2 Å². The molecule has 16 heavy (non-hydrogen) atoms. The summed E-state index contributed by atoms with van der Waals surface area (Å²) in [7, 11) is 1.58. The van der Waals surface area contributed by atoms with Gasteiger partial charge < -0.3 is 21.1 Å². The molecule has 1 aliphatic heterocycles. The molecule has 2 rings (SSSR count). The highest BCUT2D eigenvalue weighted by molar-refractivity contribution is 5.81. The number of anilines is 2. The van der Waals surface area contributed by atoms with Gasteiger partial charge in [0.05, 0.1) is 24.5 Å². The monoisotopic (exact) mass is 221 g/mol. The lowest BCUT2D eigenvalue weighted by Gasteiger charge is -2.15. The van der Waals surface area contributed by atoms with Crippen LogP contribution in [0.1, 0.15) is 6.42 Å². The van der Waals surface area contributed by atoms with Crippen molar-refractivity contribution >= 4 is 17.3 Å². The van der Waals surface area contributed by atoms with Gasteiger partial charge in [-0.05, 0) is 12.1 Å². The van der Waals surface area contributed by atoms with E-state index in [9.17, 15) is 4.79 Å². The number of hydrogen-bond acceptors (Lipinski definition) is 4. The van der Waals surface area contributed by atoms with E-state index in [0.717, 1.165) is 5.69 Å². The lowest BCUT2D eigenvalue weighted by Crippen LogP contribution is -2.22. The molecule has 0 radical (unpaired) electrons. The molecule has 1 unspecified atom stereocenters. The molecule has 0 saturated carbocycles. The highest BCUT2D eigenvalue weighted by Gasteiger charge is 2.21. The second-order valence-electron chi connectivity index (χ2n) is 3.77.